The number of carbonyl (C=O) groups excluding carboxylic acids is 1. The van der Waals surface area contributed by atoms with E-state index in [1.54, 1.807) is 23.2 Å². The number of amides is 2. The Balaban J connectivity index is 1.64. The molecule has 2 aromatic rings. The first kappa shape index (κ1) is 16.7. The van der Waals surface area contributed by atoms with Crippen LogP contribution in [0, 0.1) is 6.92 Å². The van der Waals surface area contributed by atoms with E-state index in [0.717, 1.165) is 6.42 Å². The van der Waals surface area contributed by atoms with E-state index in [-0.39, 0.29) is 12.1 Å². The number of anilines is 1. The molecule has 0 aromatic carbocycles. The number of nitrogens with one attached hydrogen (secondary N) is 1. The van der Waals surface area contributed by atoms with Gasteiger partial charge in [0.1, 0.15) is 5.15 Å². The second-order valence-corrected chi connectivity index (χ2v) is 6.10. The van der Waals surface area contributed by atoms with Gasteiger partial charge in [0.05, 0.1) is 30.6 Å². The molecule has 8 heteroatoms. The molecule has 0 saturated carbocycles. The fraction of sp³-hybridized carbons (Fsp3) is 0.438. The highest BCUT2D eigenvalue weighted by Gasteiger charge is 2.23. The van der Waals surface area contributed by atoms with Crippen LogP contribution in [0.1, 0.15) is 12.1 Å². The van der Waals surface area contributed by atoms with Crippen molar-refractivity contribution in [1.29, 1.82) is 0 Å². The zero-order valence-corrected chi connectivity index (χ0v) is 14.2. The minimum Gasteiger partial charge on any atom is -0.374 e. The number of pyridine rings is 1. The van der Waals surface area contributed by atoms with Crippen LogP contribution in [0.15, 0.2) is 30.6 Å². The highest BCUT2D eigenvalue weighted by Crippen LogP contribution is 2.17. The van der Waals surface area contributed by atoms with E-state index in [2.05, 4.69) is 15.4 Å². The van der Waals surface area contributed by atoms with Crippen LogP contribution < -0.4 is 5.32 Å². The molecule has 0 spiro atoms. The summed E-state index contributed by atoms with van der Waals surface area (Å²) >= 11 is 5.85. The van der Waals surface area contributed by atoms with Crippen LogP contribution in [0.2, 0.25) is 5.15 Å². The molecular formula is C16H20ClN5O2. The lowest BCUT2D eigenvalue weighted by molar-refractivity contribution is 0.0442. The summed E-state index contributed by atoms with van der Waals surface area (Å²) < 4.78 is 7.65. The molecule has 0 bridgehead atoms. The predicted molar refractivity (Wildman–Crippen MR) is 91.2 cm³/mol. The van der Waals surface area contributed by atoms with Crippen molar-refractivity contribution in [3.8, 4) is 0 Å². The smallest absolute Gasteiger partial charge is 0.321 e. The standard InChI is InChI=1S/C16H20ClN5O2/c1-12-14(4-5-15(17)19-12)20-16(23)21-7-3-9-24-13(10-21)11-22-8-2-6-18-22/h2,4-6,8,13H,3,7,9-11H2,1H3,(H,20,23). The monoisotopic (exact) mass is 349 g/mol. The summed E-state index contributed by atoms with van der Waals surface area (Å²) in [6.07, 6.45) is 4.35. The van der Waals surface area contributed by atoms with Gasteiger partial charge in [-0.05, 0) is 31.5 Å². The average molecular weight is 350 g/mol. The van der Waals surface area contributed by atoms with Crippen LogP contribution in [-0.2, 0) is 11.3 Å². The number of carbonyl (C=O) groups is 1. The van der Waals surface area contributed by atoms with Gasteiger partial charge in [0.25, 0.3) is 0 Å². The molecule has 1 saturated heterocycles. The molecule has 1 aliphatic heterocycles. The van der Waals surface area contributed by atoms with Gasteiger partial charge in [-0.25, -0.2) is 9.78 Å². The van der Waals surface area contributed by atoms with Crippen LogP contribution >= 0.6 is 11.6 Å². The molecular weight excluding hydrogens is 330 g/mol. The van der Waals surface area contributed by atoms with E-state index in [1.807, 2.05) is 23.9 Å². The summed E-state index contributed by atoms with van der Waals surface area (Å²) in [6, 6.07) is 5.14. The Hall–Kier alpha value is -2.12. The minimum absolute atomic E-state index is 0.0809. The first-order valence-electron chi connectivity index (χ1n) is 7.90. The van der Waals surface area contributed by atoms with Crippen molar-refractivity contribution in [1.82, 2.24) is 19.7 Å². The molecule has 7 nitrogen and oxygen atoms in total. The summed E-state index contributed by atoms with van der Waals surface area (Å²) in [5, 5.41) is 7.51. The lowest BCUT2D eigenvalue weighted by Crippen LogP contribution is -2.41. The van der Waals surface area contributed by atoms with E-state index >= 15 is 0 Å². The zero-order valence-electron chi connectivity index (χ0n) is 13.5. The van der Waals surface area contributed by atoms with Crippen LogP contribution in [0.25, 0.3) is 0 Å². The Morgan fingerprint density at radius 3 is 3.12 bits per heavy atom. The molecule has 1 fully saturated rings. The Morgan fingerprint density at radius 1 is 1.50 bits per heavy atom. The van der Waals surface area contributed by atoms with Crippen molar-refractivity contribution >= 4 is 23.3 Å². The van der Waals surface area contributed by atoms with Gasteiger partial charge >= 0.3 is 6.03 Å². The number of aromatic nitrogens is 3. The topological polar surface area (TPSA) is 72.3 Å². The fourth-order valence-corrected chi connectivity index (χ4v) is 2.85. The second-order valence-electron chi connectivity index (χ2n) is 5.72. The number of ether oxygens (including phenoxy) is 1. The first-order valence-corrected chi connectivity index (χ1v) is 8.28. The largest absolute Gasteiger partial charge is 0.374 e. The Labute approximate surface area is 145 Å². The maximum absolute atomic E-state index is 12.6. The van der Waals surface area contributed by atoms with Crippen LogP contribution in [0.4, 0.5) is 10.5 Å². The molecule has 24 heavy (non-hydrogen) atoms. The summed E-state index contributed by atoms with van der Waals surface area (Å²) in [7, 11) is 0. The van der Waals surface area contributed by atoms with E-state index in [4.69, 9.17) is 16.3 Å². The van der Waals surface area contributed by atoms with Gasteiger partial charge in [0, 0.05) is 25.5 Å². The number of hydrogen-bond acceptors (Lipinski definition) is 4. The van der Waals surface area contributed by atoms with Gasteiger partial charge in [-0.1, -0.05) is 11.6 Å². The van der Waals surface area contributed by atoms with Gasteiger partial charge in [-0.2, -0.15) is 5.10 Å². The third-order valence-corrected chi connectivity index (χ3v) is 4.09. The summed E-state index contributed by atoms with van der Waals surface area (Å²) in [5.74, 6) is 0. The molecule has 2 aromatic heterocycles. The second kappa shape index (κ2) is 7.63. The normalized spacial score (nSPS) is 18.2. The highest BCUT2D eigenvalue weighted by atomic mass is 35.5. The first-order chi connectivity index (χ1) is 11.6. The van der Waals surface area contributed by atoms with Crippen molar-refractivity contribution in [3.05, 3.63) is 41.4 Å². The van der Waals surface area contributed by atoms with E-state index in [0.29, 0.717) is 42.8 Å². The molecule has 1 aliphatic rings. The Morgan fingerprint density at radius 2 is 2.38 bits per heavy atom. The maximum atomic E-state index is 12.6. The number of urea groups is 1. The highest BCUT2D eigenvalue weighted by molar-refractivity contribution is 6.29. The number of nitrogens with zero attached hydrogens (tertiary/aromatic N) is 4. The Kier molecular flexibility index (Phi) is 5.32. The molecule has 3 heterocycles. The van der Waals surface area contributed by atoms with Crippen molar-refractivity contribution < 1.29 is 9.53 Å². The quantitative estimate of drug-likeness (QED) is 0.864. The fourth-order valence-electron chi connectivity index (χ4n) is 2.66. The van der Waals surface area contributed by atoms with Gasteiger partial charge < -0.3 is 15.0 Å². The third-order valence-electron chi connectivity index (χ3n) is 3.88. The van der Waals surface area contributed by atoms with Gasteiger partial charge in [-0.3, -0.25) is 4.68 Å². The minimum atomic E-state index is -0.154. The van der Waals surface area contributed by atoms with E-state index < -0.39 is 0 Å². The maximum Gasteiger partial charge on any atom is 0.321 e. The number of halogens is 1. The molecule has 1 unspecified atom stereocenters. The predicted octanol–water partition coefficient (Wildman–Crippen LogP) is 2.56. The van der Waals surface area contributed by atoms with Crippen molar-refractivity contribution in [2.75, 3.05) is 25.0 Å². The number of aryl methyl sites for hydroxylation is 1. The lowest BCUT2D eigenvalue weighted by Gasteiger charge is -2.24. The van der Waals surface area contributed by atoms with Gasteiger partial charge in [0.15, 0.2) is 0 Å². The van der Waals surface area contributed by atoms with Crippen molar-refractivity contribution in [2.24, 2.45) is 0 Å². The Bertz CT molecular complexity index is 692. The molecule has 2 amide bonds. The van der Waals surface area contributed by atoms with E-state index in [1.165, 1.54) is 0 Å². The number of hydrogen-bond donors (Lipinski definition) is 1. The molecule has 0 radical (unpaired) electrons. The zero-order chi connectivity index (χ0) is 16.9. The summed E-state index contributed by atoms with van der Waals surface area (Å²) in [4.78, 5) is 18.5. The summed E-state index contributed by atoms with van der Waals surface area (Å²) in [6.45, 7) is 4.25. The molecule has 1 atom stereocenters. The lowest BCUT2D eigenvalue weighted by atomic mass is 10.3. The van der Waals surface area contributed by atoms with E-state index in [9.17, 15) is 4.79 Å². The van der Waals surface area contributed by atoms with Crippen LogP contribution in [0.5, 0.6) is 0 Å². The van der Waals surface area contributed by atoms with Gasteiger partial charge in [-0.15, -0.1) is 0 Å². The summed E-state index contributed by atoms with van der Waals surface area (Å²) in [5.41, 5.74) is 1.35. The molecule has 1 N–H and O–H groups in total. The SMILES string of the molecule is Cc1nc(Cl)ccc1NC(=O)N1CCCOC(Cn2cccn2)C1. The third kappa shape index (κ3) is 4.24. The van der Waals surface area contributed by atoms with Crippen molar-refractivity contribution in [3.63, 3.8) is 0 Å². The van der Waals surface area contributed by atoms with Crippen LogP contribution in [0.3, 0.4) is 0 Å². The van der Waals surface area contributed by atoms with Gasteiger partial charge in [0.2, 0.25) is 0 Å². The molecule has 0 aliphatic carbocycles. The number of rotatable bonds is 3. The molecule has 3 rings (SSSR count). The average Bonchev–Trinajstić information content (AvgIpc) is 2.94. The van der Waals surface area contributed by atoms with Crippen molar-refractivity contribution in [2.45, 2.75) is 26.0 Å². The van der Waals surface area contributed by atoms with Crippen LogP contribution in [-0.4, -0.2) is 51.5 Å². The molecule has 128 valence electrons.